The quantitative estimate of drug-likeness (QED) is 0.529. The van der Waals surface area contributed by atoms with Crippen LogP contribution in [-0.2, 0) is 0 Å². The molecule has 130 valence electrons. The van der Waals surface area contributed by atoms with E-state index in [9.17, 15) is 0 Å². The first-order valence-electron chi connectivity index (χ1n) is 8.31. The molecule has 1 atom stereocenters. The minimum Gasteiger partial charge on any atom is -0.483 e. The lowest BCUT2D eigenvalue weighted by molar-refractivity contribution is 0.217. The molecule has 0 spiro atoms. The molecule has 0 radical (unpaired) electrons. The standard InChI is InChI=1S/C20H18N4O2/c1-14(20-21-12-13-22-20)25-16-6-8-18(9-7-16)26-17-4-2-15(3-5-17)19-10-11-23-24-19/h2-14H,1H3,(H,21,22)(H,23,24). The second-order valence-electron chi connectivity index (χ2n) is 5.80. The molecule has 4 rings (SSSR count). The lowest BCUT2D eigenvalue weighted by Crippen LogP contribution is -2.04. The van der Waals surface area contributed by atoms with Gasteiger partial charge < -0.3 is 14.5 Å². The number of hydrogen-bond donors (Lipinski definition) is 2. The van der Waals surface area contributed by atoms with Crippen LogP contribution in [0.2, 0.25) is 0 Å². The van der Waals surface area contributed by atoms with Gasteiger partial charge in [0.05, 0.1) is 5.69 Å². The number of ether oxygens (including phenoxy) is 2. The average Bonchev–Trinajstić information content (AvgIpc) is 3.38. The predicted octanol–water partition coefficient (Wildman–Crippen LogP) is 4.73. The third-order valence-corrected chi connectivity index (χ3v) is 3.94. The van der Waals surface area contributed by atoms with E-state index in [1.54, 1.807) is 18.6 Å². The van der Waals surface area contributed by atoms with Crippen molar-refractivity contribution in [1.29, 1.82) is 0 Å². The Kier molecular flexibility index (Phi) is 4.38. The normalized spacial score (nSPS) is 11.9. The Morgan fingerprint density at radius 1 is 0.846 bits per heavy atom. The maximum atomic E-state index is 5.88. The van der Waals surface area contributed by atoms with Gasteiger partial charge in [-0.1, -0.05) is 0 Å². The number of rotatable bonds is 6. The van der Waals surface area contributed by atoms with Crippen molar-refractivity contribution in [2.45, 2.75) is 13.0 Å². The van der Waals surface area contributed by atoms with Gasteiger partial charge in [0.1, 0.15) is 23.1 Å². The van der Waals surface area contributed by atoms with E-state index in [2.05, 4.69) is 20.2 Å². The van der Waals surface area contributed by atoms with Crippen molar-refractivity contribution in [2.24, 2.45) is 0 Å². The van der Waals surface area contributed by atoms with Crippen molar-refractivity contribution in [1.82, 2.24) is 20.2 Å². The molecule has 0 aliphatic carbocycles. The number of aromatic nitrogens is 4. The zero-order valence-electron chi connectivity index (χ0n) is 14.2. The van der Waals surface area contributed by atoms with Crippen LogP contribution < -0.4 is 9.47 Å². The highest BCUT2D eigenvalue weighted by atomic mass is 16.5. The zero-order chi connectivity index (χ0) is 17.8. The second-order valence-corrected chi connectivity index (χ2v) is 5.80. The van der Waals surface area contributed by atoms with Crippen molar-refractivity contribution in [3.05, 3.63) is 79.0 Å². The van der Waals surface area contributed by atoms with Gasteiger partial charge in [0.15, 0.2) is 6.10 Å². The Bertz CT molecular complexity index is 931. The van der Waals surface area contributed by atoms with Gasteiger partial charge in [0, 0.05) is 18.6 Å². The van der Waals surface area contributed by atoms with Gasteiger partial charge in [-0.25, -0.2) is 4.98 Å². The highest BCUT2D eigenvalue weighted by Gasteiger charge is 2.09. The van der Waals surface area contributed by atoms with Gasteiger partial charge in [0.25, 0.3) is 0 Å². The molecule has 0 saturated heterocycles. The number of benzene rings is 2. The van der Waals surface area contributed by atoms with Crippen molar-refractivity contribution in [2.75, 3.05) is 0 Å². The molecule has 0 bridgehead atoms. The fourth-order valence-electron chi connectivity index (χ4n) is 2.60. The van der Waals surface area contributed by atoms with Crippen molar-refractivity contribution in [3.8, 4) is 28.5 Å². The van der Waals surface area contributed by atoms with E-state index in [1.807, 2.05) is 61.5 Å². The first-order chi connectivity index (χ1) is 12.8. The average molecular weight is 346 g/mol. The third kappa shape index (κ3) is 3.59. The van der Waals surface area contributed by atoms with Crippen LogP contribution in [0.15, 0.2) is 73.2 Å². The molecule has 2 aromatic carbocycles. The minimum absolute atomic E-state index is 0.146. The minimum atomic E-state index is -0.146. The summed E-state index contributed by atoms with van der Waals surface area (Å²) in [5.74, 6) is 3.07. The van der Waals surface area contributed by atoms with Gasteiger partial charge in [-0.3, -0.25) is 5.10 Å². The molecule has 4 aromatic rings. The maximum absolute atomic E-state index is 5.88. The lowest BCUT2D eigenvalue weighted by Gasteiger charge is -2.13. The summed E-state index contributed by atoms with van der Waals surface area (Å²) in [5, 5.41) is 6.90. The van der Waals surface area contributed by atoms with E-state index < -0.39 is 0 Å². The smallest absolute Gasteiger partial charge is 0.153 e. The van der Waals surface area contributed by atoms with E-state index >= 15 is 0 Å². The Hall–Kier alpha value is -3.54. The second kappa shape index (κ2) is 7.14. The highest BCUT2D eigenvalue weighted by molar-refractivity contribution is 5.59. The van der Waals surface area contributed by atoms with E-state index in [0.717, 1.165) is 34.3 Å². The fraction of sp³-hybridized carbons (Fsp3) is 0.100. The van der Waals surface area contributed by atoms with Crippen LogP contribution >= 0.6 is 0 Å². The van der Waals surface area contributed by atoms with E-state index in [4.69, 9.17) is 9.47 Å². The zero-order valence-corrected chi connectivity index (χ0v) is 14.2. The molecule has 6 heteroatoms. The van der Waals surface area contributed by atoms with Crippen LogP contribution in [0.25, 0.3) is 11.3 Å². The number of nitrogens with one attached hydrogen (secondary N) is 2. The lowest BCUT2D eigenvalue weighted by atomic mass is 10.1. The molecule has 2 aromatic heterocycles. The molecule has 26 heavy (non-hydrogen) atoms. The molecular weight excluding hydrogens is 328 g/mol. The van der Waals surface area contributed by atoms with Crippen LogP contribution in [0.5, 0.6) is 17.2 Å². The number of H-pyrrole nitrogens is 2. The van der Waals surface area contributed by atoms with Crippen LogP contribution in [-0.4, -0.2) is 20.2 Å². The topological polar surface area (TPSA) is 75.8 Å². The molecule has 0 fully saturated rings. The van der Waals surface area contributed by atoms with E-state index in [1.165, 1.54) is 0 Å². The summed E-state index contributed by atoms with van der Waals surface area (Å²) in [6.45, 7) is 1.95. The number of nitrogens with zero attached hydrogens (tertiary/aromatic N) is 2. The molecule has 2 N–H and O–H groups in total. The molecule has 0 aliphatic rings. The summed E-state index contributed by atoms with van der Waals surface area (Å²) in [6.07, 6.45) is 5.08. The van der Waals surface area contributed by atoms with Crippen LogP contribution in [0.4, 0.5) is 0 Å². The molecular formula is C20H18N4O2. The first-order valence-corrected chi connectivity index (χ1v) is 8.31. The summed E-state index contributed by atoms with van der Waals surface area (Å²) >= 11 is 0. The molecule has 0 saturated carbocycles. The maximum Gasteiger partial charge on any atom is 0.153 e. The SMILES string of the molecule is CC(Oc1ccc(Oc2ccc(-c3ccn[nH]3)cc2)cc1)c1ncc[nH]1. The summed E-state index contributed by atoms with van der Waals surface area (Å²) in [5.41, 5.74) is 2.04. The molecule has 6 nitrogen and oxygen atoms in total. The van der Waals surface area contributed by atoms with Crippen molar-refractivity contribution in [3.63, 3.8) is 0 Å². The van der Waals surface area contributed by atoms with Gasteiger partial charge in [-0.2, -0.15) is 5.10 Å². The largest absolute Gasteiger partial charge is 0.483 e. The van der Waals surface area contributed by atoms with Gasteiger partial charge in [-0.05, 0) is 67.1 Å². The Balaban J connectivity index is 1.39. The van der Waals surface area contributed by atoms with Gasteiger partial charge in [0.2, 0.25) is 0 Å². The summed E-state index contributed by atoms with van der Waals surface area (Å²) in [4.78, 5) is 7.25. The fourth-order valence-corrected chi connectivity index (χ4v) is 2.60. The Morgan fingerprint density at radius 3 is 2.15 bits per heavy atom. The molecule has 2 heterocycles. The summed E-state index contributed by atoms with van der Waals surface area (Å²) in [6, 6.07) is 17.3. The van der Waals surface area contributed by atoms with Crippen molar-refractivity contribution >= 4 is 0 Å². The predicted molar refractivity (Wildman–Crippen MR) is 98.2 cm³/mol. The number of aromatic amines is 2. The van der Waals surface area contributed by atoms with E-state index in [0.29, 0.717) is 0 Å². The highest BCUT2D eigenvalue weighted by Crippen LogP contribution is 2.27. The Labute approximate surface area is 150 Å². The summed E-state index contributed by atoms with van der Waals surface area (Å²) in [7, 11) is 0. The van der Waals surface area contributed by atoms with Crippen LogP contribution in [0.1, 0.15) is 18.9 Å². The van der Waals surface area contributed by atoms with Gasteiger partial charge in [-0.15, -0.1) is 0 Å². The summed E-state index contributed by atoms with van der Waals surface area (Å²) < 4.78 is 11.7. The van der Waals surface area contributed by atoms with Crippen molar-refractivity contribution < 1.29 is 9.47 Å². The monoisotopic (exact) mass is 346 g/mol. The number of hydrogen-bond acceptors (Lipinski definition) is 4. The Morgan fingerprint density at radius 2 is 1.54 bits per heavy atom. The molecule has 0 aliphatic heterocycles. The third-order valence-electron chi connectivity index (χ3n) is 3.94. The van der Waals surface area contributed by atoms with E-state index in [-0.39, 0.29) is 6.10 Å². The first kappa shape index (κ1) is 16.0. The molecule has 1 unspecified atom stereocenters. The number of imidazole rings is 1. The van der Waals surface area contributed by atoms with Crippen LogP contribution in [0.3, 0.4) is 0 Å². The molecule has 0 amide bonds. The van der Waals surface area contributed by atoms with Gasteiger partial charge >= 0.3 is 0 Å². The van der Waals surface area contributed by atoms with Crippen LogP contribution in [0, 0.1) is 0 Å².